The van der Waals surface area contributed by atoms with E-state index in [1.54, 1.807) is 12.3 Å². The van der Waals surface area contributed by atoms with Gasteiger partial charge in [0.05, 0.1) is 0 Å². The highest BCUT2D eigenvalue weighted by Gasteiger charge is 2.10. The molecule has 0 saturated heterocycles. The Morgan fingerprint density at radius 3 is 2.48 bits per heavy atom. The summed E-state index contributed by atoms with van der Waals surface area (Å²) in [5, 5.41) is 6.24. The van der Waals surface area contributed by atoms with E-state index in [-0.39, 0.29) is 11.9 Å². The maximum Gasteiger partial charge on any atom is 0.270 e. The van der Waals surface area contributed by atoms with Crippen LogP contribution < -0.4 is 15.5 Å². The molecular formula is C20H28N4O. The molecule has 0 atom stereocenters. The van der Waals surface area contributed by atoms with Crippen molar-refractivity contribution in [2.45, 2.75) is 40.7 Å². The van der Waals surface area contributed by atoms with Crippen molar-refractivity contribution in [3.8, 4) is 0 Å². The van der Waals surface area contributed by atoms with Crippen molar-refractivity contribution in [1.29, 1.82) is 0 Å². The Hall–Kier alpha value is -2.56. The number of aromatic nitrogens is 1. The monoisotopic (exact) mass is 340 g/mol. The Kier molecular flexibility index (Phi) is 6.39. The maximum atomic E-state index is 12.1. The molecule has 0 spiro atoms. The van der Waals surface area contributed by atoms with Crippen LogP contribution in [0.5, 0.6) is 0 Å². The highest BCUT2D eigenvalue weighted by atomic mass is 16.1. The van der Waals surface area contributed by atoms with Crippen molar-refractivity contribution in [3.63, 3.8) is 0 Å². The van der Waals surface area contributed by atoms with Crippen LogP contribution in [0.25, 0.3) is 0 Å². The molecule has 5 heteroatoms. The minimum absolute atomic E-state index is 0.0841. The largest absolute Gasteiger partial charge is 0.372 e. The van der Waals surface area contributed by atoms with Crippen LogP contribution in [-0.2, 0) is 0 Å². The first-order chi connectivity index (χ1) is 11.9. The molecule has 0 radical (unpaired) electrons. The molecule has 0 aliphatic heterocycles. The van der Waals surface area contributed by atoms with Crippen molar-refractivity contribution in [2.75, 3.05) is 23.3 Å². The van der Waals surface area contributed by atoms with Gasteiger partial charge in [-0.25, -0.2) is 0 Å². The average molecular weight is 340 g/mol. The molecule has 5 nitrogen and oxygen atoms in total. The third-order valence-corrected chi connectivity index (χ3v) is 4.03. The van der Waals surface area contributed by atoms with Gasteiger partial charge in [0.15, 0.2) is 0 Å². The van der Waals surface area contributed by atoms with E-state index >= 15 is 0 Å². The molecule has 1 heterocycles. The van der Waals surface area contributed by atoms with Gasteiger partial charge in [0.1, 0.15) is 5.69 Å². The number of amides is 1. The number of hydrogen-bond donors (Lipinski definition) is 2. The van der Waals surface area contributed by atoms with Gasteiger partial charge in [0.2, 0.25) is 0 Å². The standard InChI is InChI=1S/C20H28N4O/c1-6-24(7-2)17-8-9-18(15(5)12-17)23-16-10-11-21-19(13-16)20(25)22-14(3)4/h8-14H,6-7H2,1-5H3,(H,21,23)(H,22,25). The fourth-order valence-corrected chi connectivity index (χ4v) is 2.70. The summed E-state index contributed by atoms with van der Waals surface area (Å²) in [6.45, 7) is 12.2. The average Bonchev–Trinajstić information content (AvgIpc) is 2.58. The second-order valence-electron chi connectivity index (χ2n) is 6.35. The number of anilines is 3. The van der Waals surface area contributed by atoms with Crippen molar-refractivity contribution in [1.82, 2.24) is 10.3 Å². The summed E-state index contributed by atoms with van der Waals surface area (Å²) in [7, 11) is 0. The molecule has 2 N–H and O–H groups in total. The number of rotatable bonds is 7. The van der Waals surface area contributed by atoms with Gasteiger partial charge in [-0.05, 0) is 70.5 Å². The Balaban J connectivity index is 2.18. The van der Waals surface area contributed by atoms with Gasteiger partial charge in [0.25, 0.3) is 5.91 Å². The van der Waals surface area contributed by atoms with E-state index in [9.17, 15) is 4.79 Å². The molecule has 2 aromatic rings. The first-order valence-corrected chi connectivity index (χ1v) is 8.84. The maximum absolute atomic E-state index is 12.1. The van der Waals surface area contributed by atoms with Crippen molar-refractivity contribution in [2.24, 2.45) is 0 Å². The SMILES string of the molecule is CCN(CC)c1ccc(Nc2ccnc(C(=O)NC(C)C)c2)c(C)c1. The lowest BCUT2D eigenvalue weighted by atomic mass is 10.1. The summed E-state index contributed by atoms with van der Waals surface area (Å²) < 4.78 is 0. The second kappa shape index (κ2) is 8.51. The molecule has 1 amide bonds. The molecule has 1 aromatic carbocycles. The van der Waals surface area contributed by atoms with Gasteiger partial charge in [-0.1, -0.05) is 0 Å². The first kappa shape index (κ1) is 18.8. The van der Waals surface area contributed by atoms with Crippen molar-refractivity contribution in [3.05, 3.63) is 47.8 Å². The summed E-state index contributed by atoms with van der Waals surface area (Å²) in [5.41, 5.74) is 4.67. The zero-order valence-electron chi connectivity index (χ0n) is 15.8. The third-order valence-electron chi connectivity index (χ3n) is 4.03. The van der Waals surface area contributed by atoms with Crippen LogP contribution >= 0.6 is 0 Å². The molecule has 25 heavy (non-hydrogen) atoms. The number of pyridine rings is 1. The quantitative estimate of drug-likeness (QED) is 0.796. The summed E-state index contributed by atoms with van der Waals surface area (Å²) in [5.74, 6) is -0.160. The molecule has 134 valence electrons. The molecule has 0 bridgehead atoms. The second-order valence-corrected chi connectivity index (χ2v) is 6.35. The van der Waals surface area contributed by atoms with Crippen LogP contribution in [0.4, 0.5) is 17.1 Å². The third kappa shape index (κ3) is 4.95. The van der Waals surface area contributed by atoms with Gasteiger partial charge < -0.3 is 15.5 Å². The van der Waals surface area contributed by atoms with Gasteiger partial charge in [-0.2, -0.15) is 0 Å². The van der Waals surface area contributed by atoms with Crippen LogP contribution in [0.1, 0.15) is 43.7 Å². The minimum Gasteiger partial charge on any atom is -0.372 e. The molecule has 1 aromatic heterocycles. The fraction of sp³-hybridized carbons (Fsp3) is 0.400. The van der Waals surface area contributed by atoms with E-state index in [2.05, 4.69) is 59.5 Å². The van der Waals surface area contributed by atoms with Crippen LogP contribution in [0, 0.1) is 6.92 Å². The number of carbonyl (C=O) groups is 1. The number of benzene rings is 1. The summed E-state index contributed by atoms with van der Waals surface area (Å²) >= 11 is 0. The van der Waals surface area contributed by atoms with Gasteiger partial charge in [-0.15, -0.1) is 0 Å². The van der Waals surface area contributed by atoms with Crippen LogP contribution in [0.2, 0.25) is 0 Å². The lowest BCUT2D eigenvalue weighted by Gasteiger charge is -2.22. The Morgan fingerprint density at radius 1 is 1.16 bits per heavy atom. The van der Waals surface area contributed by atoms with Crippen molar-refractivity contribution >= 4 is 23.0 Å². The predicted molar refractivity (Wildman–Crippen MR) is 105 cm³/mol. The number of carbonyl (C=O) groups excluding carboxylic acids is 1. The summed E-state index contributed by atoms with van der Waals surface area (Å²) in [4.78, 5) is 18.6. The number of aryl methyl sites for hydroxylation is 1. The summed E-state index contributed by atoms with van der Waals surface area (Å²) in [6, 6.07) is 10.1. The normalized spacial score (nSPS) is 10.6. The van der Waals surface area contributed by atoms with E-state index in [0.717, 1.165) is 30.0 Å². The van der Waals surface area contributed by atoms with Crippen molar-refractivity contribution < 1.29 is 4.79 Å². The topological polar surface area (TPSA) is 57.3 Å². The Morgan fingerprint density at radius 2 is 1.88 bits per heavy atom. The Labute approximate surface area is 150 Å². The van der Waals surface area contributed by atoms with E-state index in [1.807, 2.05) is 19.9 Å². The lowest BCUT2D eigenvalue weighted by molar-refractivity contribution is 0.0938. The van der Waals surface area contributed by atoms with Gasteiger partial charge in [0, 0.05) is 42.4 Å². The van der Waals surface area contributed by atoms with Gasteiger partial charge in [-0.3, -0.25) is 9.78 Å². The molecule has 0 aliphatic rings. The molecule has 0 fully saturated rings. The highest BCUT2D eigenvalue weighted by molar-refractivity contribution is 5.93. The Bertz CT molecular complexity index is 723. The van der Waals surface area contributed by atoms with E-state index in [1.165, 1.54) is 5.69 Å². The van der Waals surface area contributed by atoms with Crippen LogP contribution in [-0.4, -0.2) is 30.0 Å². The number of nitrogens with one attached hydrogen (secondary N) is 2. The molecule has 0 saturated carbocycles. The zero-order chi connectivity index (χ0) is 18.4. The van der Waals surface area contributed by atoms with Crippen LogP contribution in [0.15, 0.2) is 36.5 Å². The lowest BCUT2D eigenvalue weighted by Crippen LogP contribution is -2.30. The number of nitrogens with zero attached hydrogens (tertiary/aromatic N) is 2. The molecular weight excluding hydrogens is 312 g/mol. The predicted octanol–water partition coefficient (Wildman–Crippen LogP) is 4.12. The highest BCUT2D eigenvalue weighted by Crippen LogP contribution is 2.25. The molecule has 0 unspecified atom stereocenters. The van der Waals surface area contributed by atoms with E-state index < -0.39 is 0 Å². The van der Waals surface area contributed by atoms with Gasteiger partial charge >= 0.3 is 0 Å². The van der Waals surface area contributed by atoms with Crippen LogP contribution in [0.3, 0.4) is 0 Å². The number of hydrogen-bond acceptors (Lipinski definition) is 4. The zero-order valence-corrected chi connectivity index (χ0v) is 15.8. The van der Waals surface area contributed by atoms with E-state index in [4.69, 9.17) is 0 Å². The minimum atomic E-state index is -0.160. The smallest absolute Gasteiger partial charge is 0.270 e. The fourth-order valence-electron chi connectivity index (χ4n) is 2.70. The molecule has 2 rings (SSSR count). The first-order valence-electron chi connectivity index (χ1n) is 8.84. The van der Waals surface area contributed by atoms with E-state index in [0.29, 0.717) is 5.69 Å². The summed E-state index contributed by atoms with van der Waals surface area (Å²) in [6.07, 6.45) is 1.65. The molecule has 0 aliphatic carbocycles.